The molecular weight excluding hydrogens is 298 g/mol. The quantitative estimate of drug-likeness (QED) is 0.667. The highest BCUT2D eigenvalue weighted by Gasteiger charge is 2.40. The minimum absolute atomic E-state index is 0.379. The van der Waals surface area contributed by atoms with Crippen LogP contribution >= 0.6 is 0 Å². The molecule has 0 spiro atoms. The molecule has 4 nitrogen and oxygen atoms in total. The maximum Gasteiger partial charge on any atom is 0.0925 e. The molecule has 2 atom stereocenters. The Kier molecular flexibility index (Phi) is 5.90. The maximum atomic E-state index is 11.4. The van der Waals surface area contributed by atoms with Crippen molar-refractivity contribution in [1.82, 2.24) is 9.80 Å². The highest BCUT2D eigenvalue weighted by Crippen LogP contribution is 2.43. The van der Waals surface area contributed by atoms with Gasteiger partial charge in [0.1, 0.15) is 0 Å². The number of aliphatic imine (C=N–C) groups is 1. The minimum Gasteiger partial charge on any atom is -0.385 e. The Labute approximate surface area is 146 Å². The Bertz CT molecular complexity index is 525. The van der Waals surface area contributed by atoms with Crippen LogP contribution < -0.4 is 0 Å². The van der Waals surface area contributed by atoms with Crippen LogP contribution in [0.3, 0.4) is 0 Å². The molecule has 1 aromatic carbocycles. The summed E-state index contributed by atoms with van der Waals surface area (Å²) in [6, 6.07) is 10.3. The summed E-state index contributed by atoms with van der Waals surface area (Å²) in [5.74, 6) is 0.379. The number of aliphatic hydroxyl groups is 1. The second-order valence-electron chi connectivity index (χ2n) is 7.27. The first-order valence-electron chi connectivity index (χ1n) is 9.39. The third-order valence-corrected chi connectivity index (χ3v) is 5.79. The van der Waals surface area contributed by atoms with E-state index in [2.05, 4.69) is 26.9 Å². The van der Waals surface area contributed by atoms with Crippen molar-refractivity contribution in [1.29, 1.82) is 0 Å². The molecule has 0 amide bonds. The Balaban J connectivity index is 1.57. The first-order chi connectivity index (χ1) is 11.7. The lowest BCUT2D eigenvalue weighted by molar-refractivity contribution is -0.0606. The molecule has 1 N–H and O–H groups in total. The predicted octanol–water partition coefficient (Wildman–Crippen LogP) is 2.73. The molecule has 1 saturated carbocycles. The van der Waals surface area contributed by atoms with Crippen molar-refractivity contribution in [3.8, 4) is 0 Å². The molecule has 3 rings (SSSR count). The third kappa shape index (κ3) is 3.98. The van der Waals surface area contributed by atoms with Gasteiger partial charge in [0.25, 0.3) is 0 Å². The van der Waals surface area contributed by atoms with Crippen LogP contribution in [0.1, 0.15) is 37.7 Å². The molecule has 24 heavy (non-hydrogen) atoms. The van der Waals surface area contributed by atoms with Crippen molar-refractivity contribution >= 4 is 6.34 Å². The minimum atomic E-state index is -0.629. The summed E-state index contributed by atoms with van der Waals surface area (Å²) in [6.45, 7) is 5.41. The zero-order valence-electron chi connectivity index (χ0n) is 14.9. The Morgan fingerprint density at radius 2 is 1.92 bits per heavy atom. The van der Waals surface area contributed by atoms with Crippen LogP contribution in [0.25, 0.3) is 0 Å². The topological polar surface area (TPSA) is 39.1 Å². The molecule has 0 aromatic heterocycles. The lowest BCUT2D eigenvalue weighted by Crippen LogP contribution is -2.47. The second kappa shape index (κ2) is 8.13. The van der Waals surface area contributed by atoms with Crippen LogP contribution in [0.5, 0.6) is 0 Å². The number of nitrogens with zero attached hydrogens (tertiary/aromatic N) is 3. The lowest BCUT2D eigenvalue weighted by Gasteiger charge is -2.42. The first-order valence-corrected chi connectivity index (χ1v) is 9.39. The third-order valence-electron chi connectivity index (χ3n) is 5.79. The molecule has 0 radical (unpaired) electrons. The van der Waals surface area contributed by atoms with Gasteiger partial charge in [0.15, 0.2) is 0 Å². The van der Waals surface area contributed by atoms with Gasteiger partial charge in [-0.3, -0.25) is 9.89 Å². The lowest BCUT2D eigenvalue weighted by atomic mass is 9.70. The van der Waals surface area contributed by atoms with Crippen molar-refractivity contribution in [3.05, 3.63) is 35.9 Å². The van der Waals surface area contributed by atoms with E-state index < -0.39 is 5.60 Å². The van der Waals surface area contributed by atoms with Gasteiger partial charge in [-0.25, -0.2) is 0 Å². The second-order valence-corrected chi connectivity index (χ2v) is 7.27. The summed E-state index contributed by atoms with van der Waals surface area (Å²) in [5.41, 5.74) is 0.481. The molecule has 1 aliphatic carbocycles. The molecule has 2 aliphatic rings. The largest absolute Gasteiger partial charge is 0.385 e. The van der Waals surface area contributed by atoms with Crippen molar-refractivity contribution in [2.24, 2.45) is 10.9 Å². The highest BCUT2D eigenvalue weighted by molar-refractivity contribution is 5.54. The standard InChI is InChI=1S/C20H31N3O/c1-21-17-23-15-13-22(14-16-23)12-10-19-9-5-6-11-20(19,24)18-7-3-2-4-8-18/h2-4,7-8,17,19,24H,5-6,9-16H2,1H3. The van der Waals surface area contributed by atoms with E-state index in [1.54, 1.807) is 0 Å². The summed E-state index contributed by atoms with van der Waals surface area (Å²) in [5, 5.41) is 11.4. The summed E-state index contributed by atoms with van der Waals surface area (Å²) < 4.78 is 0. The summed E-state index contributed by atoms with van der Waals surface area (Å²) >= 11 is 0. The van der Waals surface area contributed by atoms with Gasteiger partial charge in [-0.2, -0.15) is 0 Å². The van der Waals surface area contributed by atoms with E-state index in [0.717, 1.165) is 64.0 Å². The fourth-order valence-electron chi connectivity index (χ4n) is 4.32. The van der Waals surface area contributed by atoms with E-state index in [1.165, 1.54) is 6.42 Å². The average molecular weight is 329 g/mol. The van der Waals surface area contributed by atoms with Gasteiger partial charge in [-0.15, -0.1) is 0 Å². The molecule has 1 aliphatic heterocycles. The SMILES string of the molecule is CN=CN1CCN(CCC2CCCCC2(O)c2ccccc2)CC1. The van der Waals surface area contributed by atoms with Gasteiger partial charge >= 0.3 is 0 Å². The van der Waals surface area contributed by atoms with Gasteiger partial charge < -0.3 is 10.0 Å². The summed E-state index contributed by atoms with van der Waals surface area (Å²) in [6.07, 6.45) is 7.48. The predicted molar refractivity (Wildman–Crippen MR) is 99.3 cm³/mol. The van der Waals surface area contributed by atoms with Crippen LogP contribution in [-0.2, 0) is 5.60 Å². The van der Waals surface area contributed by atoms with Gasteiger partial charge in [-0.05, 0) is 37.3 Å². The molecule has 1 heterocycles. The van der Waals surface area contributed by atoms with Crippen LogP contribution in [0, 0.1) is 5.92 Å². The van der Waals surface area contributed by atoms with Gasteiger partial charge in [0, 0.05) is 33.2 Å². The molecule has 132 valence electrons. The van der Waals surface area contributed by atoms with E-state index in [1.807, 2.05) is 31.6 Å². The fourth-order valence-corrected chi connectivity index (χ4v) is 4.32. The molecule has 4 heteroatoms. The van der Waals surface area contributed by atoms with Crippen molar-refractivity contribution < 1.29 is 5.11 Å². The zero-order valence-corrected chi connectivity index (χ0v) is 14.9. The van der Waals surface area contributed by atoms with Crippen molar-refractivity contribution in [3.63, 3.8) is 0 Å². The van der Waals surface area contributed by atoms with Crippen LogP contribution in [0.2, 0.25) is 0 Å². The molecule has 2 unspecified atom stereocenters. The van der Waals surface area contributed by atoms with Gasteiger partial charge in [0.05, 0.1) is 11.9 Å². The Hall–Kier alpha value is -1.39. The molecule has 2 fully saturated rings. The first kappa shape index (κ1) is 17.4. The fraction of sp³-hybridized carbons (Fsp3) is 0.650. The van der Waals surface area contributed by atoms with E-state index >= 15 is 0 Å². The van der Waals surface area contributed by atoms with Crippen molar-refractivity contribution in [2.75, 3.05) is 39.8 Å². The smallest absolute Gasteiger partial charge is 0.0925 e. The van der Waals surface area contributed by atoms with E-state index in [-0.39, 0.29) is 0 Å². The highest BCUT2D eigenvalue weighted by atomic mass is 16.3. The van der Waals surface area contributed by atoms with E-state index in [0.29, 0.717) is 5.92 Å². The molecule has 0 bridgehead atoms. The zero-order chi connectivity index (χ0) is 16.8. The monoisotopic (exact) mass is 329 g/mol. The molecule has 1 saturated heterocycles. The number of hydrogen-bond acceptors (Lipinski definition) is 3. The van der Waals surface area contributed by atoms with Gasteiger partial charge in [-0.1, -0.05) is 43.2 Å². The van der Waals surface area contributed by atoms with Crippen LogP contribution in [0.4, 0.5) is 0 Å². The summed E-state index contributed by atoms with van der Waals surface area (Å²) in [4.78, 5) is 8.94. The average Bonchev–Trinajstić information content (AvgIpc) is 2.63. The molecular formula is C20H31N3O. The number of hydrogen-bond donors (Lipinski definition) is 1. The summed E-state index contributed by atoms with van der Waals surface area (Å²) in [7, 11) is 1.83. The normalized spacial score (nSPS) is 29.2. The number of rotatable bonds is 5. The Morgan fingerprint density at radius 1 is 1.17 bits per heavy atom. The molecule has 1 aromatic rings. The van der Waals surface area contributed by atoms with E-state index in [4.69, 9.17) is 0 Å². The number of benzene rings is 1. The van der Waals surface area contributed by atoms with Crippen molar-refractivity contribution in [2.45, 2.75) is 37.7 Å². The van der Waals surface area contributed by atoms with E-state index in [9.17, 15) is 5.11 Å². The van der Waals surface area contributed by atoms with Crippen LogP contribution in [0.15, 0.2) is 35.3 Å². The Morgan fingerprint density at radius 3 is 2.62 bits per heavy atom. The van der Waals surface area contributed by atoms with Crippen LogP contribution in [-0.4, -0.2) is 61.0 Å². The maximum absolute atomic E-state index is 11.4. The van der Waals surface area contributed by atoms with Gasteiger partial charge in [0.2, 0.25) is 0 Å². The number of piperazine rings is 1.